The molecule has 2 atom stereocenters. The summed E-state index contributed by atoms with van der Waals surface area (Å²) in [5, 5.41) is 3.44. The van der Waals surface area contributed by atoms with Gasteiger partial charge in [-0.05, 0) is 55.9 Å². The van der Waals surface area contributed by atoms with Gasteiger partial charge in [-0.1, -0.05) is 19.9 Å². The molecule has 0 amide bonds. The lowest BCUT2D eigenvalue weighted by molar-refractivity contribution is 0.106. The van der Waals surface area contributed by atoms with Crippen LogP contribution in [0.1, 0.15) is 50.7 Å². The molecule has 1 aliphatic heterocycles. The second kappa shape index (κ2) is 7.81. The van der Waals surface area contributed by atoms with Crippen LogP contribution in [0, 0.1) is 6.92 Å². The van der Waals surface area contributed by atoms with Crippen LogP contribution >= 0.6 is 0 Å². The molecular formula is C18H29NO2. The Bertz CT molecular complexity index is 439. The van der Waals surface area contributed by atoms with Gasteiger partial charge in [-0.3, -0.25) is 0 Å². The van der Waals surface area contributed by atoms with Crippen LogP contribution in [0.5, 0.6) is 5.75 Å². The van der Waals surface area contributed by atoms with Gasteiger partial charge in [0, 0.05) is 19.7 Å². The fourth-order valence-corrected chi connectivity index (χ4v) is 2.90. The van der Waals surface area contributed by atoms with Gasteiger partial charge < -0.3 is 14.8 Å². The summed E-state index contributed by atoms with van der Waals surface area (Å²) in [7, 11) is 0. The fraction of sp³-hybridized carbons (Fsp3) is 0.667. The number of rotatable bonds is 7. The van der Waals surface area contributed by atoms with Crippen LogP contribution in [0.3, 0.4) is 0 Å². The maximum absolute atomic E-state index is 5.99. The summed E-state index contributed by atoms with van der Waals surface area (Å²) >= 11 is 0. The molecule has 0 aliphatic carbocycles. The molecule has 2 unspecified atom stereocenters. The van der Waals surface area contributed by atoms with Crippen molar-refractivity contribution >= 4 is 0 Å². The third-order valence-electron chi connectivity index (χ3n) is 4.03. The summed E-state index contributed by atoms with van der Waals surface area (Å²) in [6.45, 7) is 11.4. The highest BCUT2D eigenvalue weighted by molar-refractivity contribution is 5.36. The van der Waals surface area contributed by atoms with E-state index in [1.165, 1.54) is 24.0 Å². The molecule has 1 heterocycles. The van der Waals surface area contributed by atoms with E-state index in [2.05, 4.69) is 51.2 Å². The Hall–Kier alpha value is -1.06. The van der Waals surface area contributed by atoms with E-state index in [1.807, 2.05) is 0 Å². The fourth-order valence-electron chi connectivity index (χ4n) is 2.90. The third kappa shape index (κ3) is 5.01. The molecular weight excluding hydrogens is 262 g/mol. The first-order valence-corrected chi connectivity index (χ1v) is 8.15. The average Bonchev–Trinajstić information content (AvgIpc) is 2.91. The van der Waals surface area contributed by atoms with E-state index in [-0.39, 0.29) is 6.10 Å². The van der Waals surface area contributed by atoms with Crippen molar-refractivity contribution in [2.45, 2.75) is 58.7 Å². The Morgan fingerprint density at radius 2 is 2.14 bits per heavy atom. The molecule has 118 valence electrons. The highest BCUT2D eigenvalue weighted by Gasteiger charge is 2.15. The van der Waals surface area contributed by atoms with Crippen molar-refractivity contribution < 1.29 is 9.47 Å². The highest BCUT2D eigenvalue weighted by Crippen LogP contribution is 2.24. The number of hydrogen-bond acceptors (Lipinski definition) is 3. The van der Waals surface area contributed by atoms with Crippen LogP contribution in [0.15, 0.2) is 18.2 Å². The van der Waals surface area contributed by atoms with Crippen molar-refractivity contribution in [1.82, 2.24) is 5.32 Å². The lowest BCUT2D eigenvalue weighted by Gasteiger charge is -2.18. The predicted molar refractivity (Wildman–Crippen MR) is 87.2 cm³/mol. The molecule has 1 aromatic carbocycles. The Labute approximate surface area is 129 Å². The maximum Gasteiger partial charge on any atom is 0.120 e. The minimum absolute atomic E-state index is 0.163. The van der Waals surface area contributed by atoms with Crippen molar-refractivity contribution in [1.29, 1.82) is 0 Å². The first-order chi connectivity index (χ1) is 10.1. The van der Waals surface area contributed by atoms with E-state index in [0.717, 1.165) is 25.4 Å². The van der Waals surface area contributed by atoms with Crippen LogP contribution in [-0.4, -0.2) is 31.9 Å². The average molecular weight is 291 g/mol. The van der Waals surface area contributed by atoms with Crippen molar-refractivity contribution in [2.24, 2.45) is 0 Å². The van der Waals surface area contributed by atoms with E-state index >= 15 is 0 Å². The predicted octanol–water partition coefficient (Wildman–Crippen LogP) is 3.65. The lowest BCUT2D eigenvalue weighted by Crippen LogP contribution is -2.34. The van der Waals surface area contributed by atoms with Gasteiger partial charge in [0.15, 0.2) is 0 Å². The summed E-state index contributed by atoms with van der Waals surface area (Å²) < 4.78 is 11.6. The zero-order valence-corrected chi connectivity index (χ0v) is 13.8. The van der Waals surface area contributed by atoms with Gasteiger partial charge in [0.2, 0.25) is 0 Å². The van der Waals surface area contributed by atoms with Crippen LogP contribution in [-0.2, 0) is 4.74 Å². The molecule has 1 N–H and O–H groups in total. The monoisotopic (exact) mass is 291 g/mol. The van der Waals surface area contributed by atoms with Crippen molar-refractivity contribution in [3.05, 3.63) is 29.3 Å². The zero-order chi connectivity index (χ0) is 15.2. The molecule has 0 saturated carbocycles. The summed E-state index contributed by atoms with van der Waals surface area (Å²) in [6.07, 6.45) is 2.93. The van der Waals surface area contributed by atoms with Crippen LogP contribution in [0.4, 0.5) is 0 Å². The molecule has 1 saturated heterocycles. The Balaban J connectivity index is 1.76. The SMILES string of the molecule is Cc1cc(OC(C)CNCC2CCCO2)ccc1C(C)C. The molecule has 21 heavy (non-hydrogen) atoms. The molecule has 1 aromatic rings. The second-order valence-corrected chi connectivity index (χ2v) is 6.39. The molecule has 0 radical (unpaired) electrons. The molecule has 3 heteroatoms. The number of hydrogen-bond donors (Lipinski definition) is 1. The Morgan fingerprint density at radius 3 is 2.76 bits per heavy atom. The number of nitrogens with one attached hydrogen (secondary N) is 1. The largest absolute Gasteiger partial charge is 0.489 e. The third-order valence-corrected chi connectivity index (χ3v) is 4.03. The highest BCUT2D eigenvalue weighted by atomic mass is 16.5. The van der Waals surface area contributed by atoms with Gasteiger partial charge in [-0.2, -0.15) is 0 Å². The topological polar surface area (TPSA) is 30.5 Å². The van der Waals surface area contributed by atoms with Crippen molar-refractivity contribution in [3.63, 3.8) is 0 Å². The van der Waals surface area contributed by atoms with Gasteiger partial charge in [0.1, 0.15) is 11.9 Å². The quantitative estimate of drug-likeness (QED) is 0.831. The molecule has 1 fully saturated rings. The molecule has 0 aromatic heterocycles. The zero-order valence-electron chi connectivity index (χ0n) is 13.8. The molecule has 3 nitrogen and oxygen atoms in total. The summed E-state index contributed by atoms with van der Waals surface area (Å²) in [5.74, 6) is 1.52. The van der Waals surface area contributed by atoms with Crippen LogP contribution < -0.4 is 10.1 Å². The van der Waals surface area contributed by atoms with Crippen molar-refractivity contribution in [2.75, 3.05) is 19.7 Å². The van der Waals surface area contributed by atoms with Gasteiger partial charge in [0.05, 0.1) is 6.10 Å². The Kier molecular flexibility index (Phi) is 6.07. The van der Waals surface area contributed by atoms with E-state index in [0.29, 0.717) is 12.0 Å². The second-order valence-electron chi connectivity index (χ2n) is 6.39. The standard InChI is InChI=1S/C18H29NO2/c1-13(2)18-8-7-16(10-14(18)3)21-15(4)11-19-12-17-6-5-9-20-17/h7-8,10,13,15,17,19H,5-6,9,11-12H2,1-4H3. The normalized spacial score (nSPS) is 20.0. The first kappa shape index (κ1) is 16.3. The van der Waals surface area contributed by atoms with E-state index in [9.17, 15) is 0 Å². The number of aryl methyl sites for hydroxylation is 1. The first-order valence-electron chi connectivity index (χ1n) is 8.15. The van der Waals surface area contributed by atoms with Crippen LogP contribution in [0.25, 0.3) is 0 Å². The maximum atomic E-state index is 5.99. The lowest BCUT2D eigenvalue weighted by atomic mass is 9.98. The molecule has 0 spiro atoms. The minimum atomic E-state index is 0.163. The summed E-state index contributed by atoms with van der Waals surface area (Å²) in [4.78, 5) is 0. The van der Waals surface area contributed by atoms with Crippen LogP contribution in [0.2, 0.25) is 0 Å². The van der Waals surface area contributed by atoms with E-state index in [4.69, 9.17) is 9.47 Å². The smallest absolute Gasteiger partial charge is 0.120 e. The Morgan fingerprint density at radius 1 is 1.33 bits per heavy atom. The molecule has 1 aliphatic rings. The number of benzene rings is 1. The molecule has 0 bridgehead atoms. The van der Waals surface area contributed by atoms with E-state index in [1.54, 1.807) is 0 Å². The van der Waals surface area contributed by atoms with Gasteiger partial charge in [0.25, 0.3) is 0 Å². The minimum Gasteiger partial charge on any atom is -0.489 e. The van der Waals surface area contributed by atoms with Gasteiger partial charge >= 0.3 is 0 Å². The van der Waals surface area contributed by atoms with Gasteiger partial charge in [-0.15, -0.1) is 0 Å². The summed E-state index contributed by atoms with van der Waals surface area (Å²) in [6, 6.07) is 6.41. The summed E-state index contributed by atoms with van der Waals surface area (Å²) in [5.41, 5.74) is 2.70. The number of ether oxygens (including phenoxy) is 2. The van der Waals surface area contributed by atoms with Gasteiger partial charge in [-0.25, -0.2) is 0 Å². The van der Waals surface area contributed by atoms with Crippen molar-refractivity contribution in [3.8, 4) is 5.75 Å². The molecule has 2 rings (SSSR count). The van der Waals surface area contributed by atoms with E-state index < -0.39 is 0 Å².